The van der Waals surface area contributed by atoms with Gasteiger partial charge in [-0.3, -0.25) is 4.79 Å². The van der Waals surface area contributed by atoms with E-state index in [0.717, 1.165) is 10.4 Å². The summed E-state index contributed by atoms with van der Waals surface area (Å²) < 4.78 is 0. The first-order valence-corrected chi connectivity index (χ1v) is 8.14. The average Bonchev–Trinajstić information content (AvgIpc) is 3.10. The third-order valence-electron chi connectivity index (χ3n) is 3.45. The van der Waals surface area contributed by atoms with Gasteiger partial charge in [0.15, 0.2) is 0 Å². The number of nitrogens with one attached hydrogen (secondary N) is 1. The molecule has 0 saturated heterocycles. The van der Waals surface area contributed by atoms with Crippen molar-refractivity contribution in [2.24, 2.45) is 0 Å². The Morgan fingerprint density at radius 3 is 2.71 bits per heavy atom. The molecular weight excluding hydrogens is 324 g/mol. The van der Waals surface area contributed by atoms with Crippen LogP contribution < -0.4 is 11.1 Å². The molecule has 1 amide bonds. The number of aliphatic hydroxyl groups excluding tert-OH is 1. The lowest BCUT2D eigenvalue weighted by Gasteiger charge is -2.16. The first-order valence-electron chi connectivity index (χ1n) is 7.33. The van der Waals surface area contributed by atoms with E-state index in [4.69, 9.17) is 5.73 Å². The minimum Gasteiger partial charge on any atom is -0.394 e. The third kappa shape index (κ3) is 3.58. The molecule has 7 heteroatoms. The maximum Gasteiger partial charge on any atom is 0.261 e. The van der Waals surface area contributed by atoms with Gasteiger partial charge in [-0.15, -0.1) is 11.3 Å². The highest BCUT2D eigenvalue weighted by molar-refractivity contribution is 7.17. The van der Waals surface area contributed by atoms with Crippen LogP contribution in [-0.4, -0.2) is 27.6 Å². The highest BCUT2D eigenvalue weighted by Gasteiger charge is 2.17. The molecule has 0 fully saturated rings. The van der Waals surface area contributed by atoms with Gasteiger partial charge in [-0.2, -0.15) is 0 Å². The second kappa shape index (κ2) is 7.20. The molecule has 3 aromatic rings. The van der Waals surface area contributed by atoms with Gasteiger partial charge in [0.1, 0.15) is 0 Å². The fraction of sp³-hybridized carbons (Fsp3) is 0.118. The molecule has 24 heavy (non-hydrogen) atoms. The van der Waals surface area contributed by atoms with Crippen molar-refractivity contribution < 1.29 is 9.90 Å². The van der Waals surface area contributed by atoms with Crippen molar-refractivity contribution in [1.82, 2.24) is 15.3 Å². The van der Waals surface area contributed by atoms with E-state index in [1.165, 1.54) is 11.3 Å². The van der Waals surface area contributed by atoms with Crippen molar-refractivity contribution in [3.8, 4) is 10.6 Å². The number of nitrogens with zero attached hydrogens (tertiary/aromatic N) is 2. The number of thiophene rings is 1. The molecule has 2 heterocycles. The normalized spacial score (nSPS) is 11.9. The van der Waals surface area contributed by atoms with Crippen LogP contribution in [0.15, 0.2) is 54.7 Å². The number of carbonyl (C=O) groups excluding carboxylic acids is 1. The topological polar surface area (TPSA) is 101 Å². The fourth-order valence-corrected chi connectivity index (χ4v) is 3.14. The van der Waals surface area contributed by atoms with Crippen LogP contribution in [-0.2, 0) is 0 Å². The second-order valence-corrected chi connectivity index (χ2v) is 6.17. The number of benzene rings is 1. The Balaban J connectivity index is 1.76. The summed E-state index contributed by atoms with van der Waals surface area (Å²) in [5.74, 6) is -0.0486. The van der Waals surface area contributed by atoms with Gasteiger partial charge in [-0.1, -0.05) is 30.3 Å². The van der Waals surface area contributed by atoms with Gasteiger partial charge in [0, 0.05) is 6.20 Å². The number of carbonyl (C=O) groups is 1. The number of amides is 1. The molecule has 1 atom stereocenters. The minimum absolute atomic E-state index is 0.170. The van der Waals surface area contributed by atoms with Crippen LogP contribution in [0.1, 0.15) is 21.3 Å². The quantitative estimate of drug-likeness (QED) is 0.661. The molecule has 6 nitrogen and oxygen atoms in total. The predicted molar refractivity (Wildman–Crippen MR) is 93.5 cm³/mol. The number of anilines is 1. The van der Waals surface area contributed by atoms with E-state index in [2.05, 4.69) is 15.3 Å². The van der Waals surface area contributed by atoms with Gasteiger partial charge < -0.3 is 16.2 Å². The molecule has 4 N–H and O–H groups in total. The van der Waals surface area contributed by atoms with E-state index in [1.807, 2.05) is 36.4 Å². The van der Waals surface area contributed by atoms with Crippen molar-refractivity contribution in [3.05, 3.63) is 65.2 Å². The Morgan fingerprint density at radius 1 is 1.21 bits per heavy atom. The zero-order chi connectivity index (χ0) is 16.9. The average molecular weight is 340 g/mol. The van der Waals surface area contributed by atoms with Crippen LogP contribution in [0.25, 0.3) is 10.6 Å². The van der Waals surface area contributed by atoms with Gasteiger partial charge in [0.2, 0.25) is 5.95 Å². The lowest BCUT2D eigenvalue weighted by molar-refractivity contribution is 0.0920. The molecule has 0 radical (unpaired) electrons. The zero-order valence-electron chi connectivity index (χ0n) is 12.7. The Labute approximate surface area is 143 Å². The summed E-state index contributed by atoms with van der Waals surface area (Å²) in [7, 11) is 0. The monoisotopic (exact) mass is 340 g/mol. The molecule has 0 bridgehead atoms. The number of rotatable bonds is 5. The number of hydrogen-bond acceptors (Lipinski definition) is 6. The largest absolute Gasteiger partial charge is 0.394 e. The summed E-state index contributed by atoms with van der Waals surface area (Å²) in [6.45, 7) is -0.170. The predicted octanol–water partition coefficient (Wildman–Crippen LogP) is 2.25. The SMILES string of the molecule is Nc1nccc(-c2ccc(C(=O)NC(CO)c3ccccc3)s2)n1. The lowest BCUT2D eigenvalue weighted by Crippen LogP contribution is -2.30. The van der Waals surface area contributed by atoms with E-state index < -0.39 is 6.04 Å². The Kier molecular flexibility index (Phi) is 4.83. The van der Waals surface area contributed by atoms with E-state index >= 15 is 0 Å². The number of nitrogens with two attached hydrogens (primary N) is 1. The highest BCUT2D eigenvalue weighted by Crippen LogP contribution is 2.27. The summed E-state index contributed by atoms with van der Waals surface area (Å²) >= 11 is 1.31. The highest BCUT2D eigenvalue weighted by atomic mass is 32.1. The third-order valence-corrected chi connectivity index (χ3v) is 4.55. The maximum atomic E-state index is 12.4. The smallest absolute Gasteiger partial charge is 0.261 e. The van der Waals surface area contributed by atoms with Crippen LogP contribution in [0.5, 0.6) is 0 Å². The van der Waals surface area contributed by atoms with Gasteiger partial charge >= 0.3 is 0 Å². The lowest BCUT2D eigenvalue weighted by atomic mass is 10.1. The first-order chi connectivity index (χ1) is 11.7. The van der Waals surface area contributed by atoms with Gasteiger partial charge in [-0.05, 0) is 23.8 Å². The molecule has 0 aliphatic carbocycles. The molecule has 2 aromatic heterocycles. The van der Waals surface area contributed by atoms with E-state index in [1.54, 1.807) is 18.3 Å². The molecule has 0 saturated carbocycles. The number of nitrogen functional groups attached to an aromatic ring is 1. The van der Waals surface area contributed by atoms with Crippen LogP contribution in [0.2, 0.25) is 0 Å². The zero-order valence-corrected chi connectivity index (χ0v) is 13.5. The molecule has 1 aromatic carbocycles. The van der Waals surface area contributed by atoms with E-state index in [9.17, 15) is 9.90 Å². The molecule has 0 aliphatic rings. The molecule has 1 unspecified atom stereocenters. The van der Waals surface area contributed by atoms with E-state index in [-0.39, 0.29) is 18.5 Å². The molecular formula is C17H16N4O2S. The molecule has 122 valence electrons. The number of aromatic nitrogens is 2. The second-order valence-electron chi connectivity index (χ2n) is 5.08. The number of aliphatic hydroxyl groups is 1. The Morgan fingerprint density at radius 2 is 2.00 bits per heavy atom. The molecule has 3 rings (SSSR count). The van der Waals surface area contributed by atoms with Gasteiger partial charge in [0.05, 0.1) is 28.1 Å². The van der Waals surface area contributed by atoms with Crippen molar-refractivity contribution >= 4 is 23.2 Å². The summed E-state index contributed by atoms with van der Waals surface area (Å²) in [5, 5.41) is 12.4. The summed E-state index contributed by atoms with van der Waals surface area (Å²) in [6.07, 6.45) is 1.58. The summed E-state index contributed by atoms with van der Waals surface area (Å²) in [5.41, 5.74) is 7.12. The van der Waals surface area contributed by atoms with Crippen LogP contribution >= 0.6 is 11.3 Å². The Hall–Kier alpha value is -2.77. The van der Waals surface area contributed by atoms with Crippen molar-refractivity contribution in [2.75, 3.05) is 12.3 Å². The summed E-state index contributed by atoms with van der Waals surface area (Å²) in [4.78, 5) is 21.8. The minimum atomic E-state index is -0.445. The summed E-state index contributed by atoms with van der Waals surface area (Å²) in [6, 6.07) is 14.2. The van der Waals surface area contributed by atoms with E-state index in [0.29, 0.717) is 10.6 Å². The van der Waals surface area contributed by atoms with Crippen molar-refractivity contribution in [3.63, 3.8) is 0 Å². The standard InChI is InChI=1S/C17H16N4O2S/c18-17-19-9-8-12(21-17)14-6-7-15(24-14)16(23)20-13(10-22)11-4-2-1-3-5-11/h1-9,13,22H,10H2,(H,20,23)(H2,18,19,21). The van der Waals surface area contributed by atoms with Gasteiger partial charge in [-0.25, -0.2) is 9.97 Å². The Bertz CT molecular complexity index is 835. The fourth-order valence-electron chi connectivity index (χ4n) is 2.26. The van der Waals surface area contributed by atoms with Crippen LogP contribution in [0, 0.1) is 0 Å². The van der Waals surface area contributed by atoms with Crippen LogP contribution in [0.3, 0.4) is 0 Å². The van der Waals surface area contributed by atoms with Crippen LogP contribution in [0.4, 0.5) is 5.95 Å². The number of hydrogen-bond donors (Lipinski definition) is 3. The van der Waals surface area contributed by atoms with Crippen molar-refractivity contribution in [1.29, 1.82) is 0 Å². The molecule has 0 spiro atoms. The first kappa shape index (κ1) is 16.1. The maximum absolute atomic E-state index is 12.4. The van der Waals surface area contributed by atoms with Gasteiger partial charge in [0.25, 0.3) is 5.91 Å². The van der Waals surface area contributed by atoms with Crippen molar-refractivity contribution in [2.45, 2.75) is 6.04 Å². The molecule has 0 aliphatic heterocycles.